The Hall–Kier alpha value is -1.33. The van der Waals surface area contributed by atoms with Crippen LogP contribution in [0.3, 0.4) is 0 Å². The highest BCUT2D eigenvalue weighted by Crippen LogP contribution is 2.57. The van der Waals surface area contributed by atoms with Crippen molar-refractivity contribution in [1.29, 1.82) is 0 Å². The van der Waals surface area contributed by atoms with Crippen molar-refractivity contribution in [3.8, 4) is 0 Å². The highest BCUT2D eigenvalue weighted by atomic mass is 16.5. The Morgan fingerprint density at radius 3 is 2.95 bits per heavy atom. The Bertz CT molecular complexity index is 503. The molecule has 0 aromatic rings. The van der Waals surface area contributed by atoms with Crippen LogP contribution < -0.4 is 5.32 Å². The first-order chi connectivity index (χ1) is 9.97. The molecule has 21 heavy (non-hydrogen) atoms. The van der Waals surface area contributed by atoms with Gasteiger partial charge in [-0.3, -0.25) is 4.79 Å². The predicted molar refractivity (Wildman–Crippen MR) is 77.2 cm³/mol. The molecule has 0 aromatic heterocycles. The number of ether oxygens (including phenoxy) is 1. The van der Waals surface area contributed by atoms with Crippen LogP contribution in [0.4, 0.5) is 0 Å². The standard InChI is InChI=1S/C16H23NO4/c1-10-16(13(19)11-6-4-3-5-7-11)15(2,21-10)12(8-9-18)14(20)17-16/h4,6,11-13,18-19H,1,3,5,7-9H2,2H3,(H,17,20). The maximum atomic E-state index is 12.3. The number of aliphatic hydroxyl groups excluding tert-OH is 2. The minimum atomic E-state index is -0.934. The molecule has 0 spiro atoms. The van der Waals surface area contributed by atoms with Gasteiger partial charge in [-0.2, -0.15) is 0 Å². The lowest BCUT2D eigenvalue weighted by molar-refractivity contribution is -0.203. The van der Waals surface area contributed by atoms with Gasteiger partial charge in [0.2, 0.25) is 5.91 Å². The average molecular weight is 293 g/mol. The number of amides is 1. The zero-order valence-electron chi connectivity index (χ0n) is 12.3. The van der Waals surface area contributed by atoms with Crippen LogP contribution in [0.2, 0.25) is 0 Å². The Morgan fingerprint density at radius 2 is 2.38 bits per heavy atom. The number of fused-ring (bicyclic) bond motifs is 1. The summed E-state index contributed by atoms with van der Waals surface area (Å²) in [5.41, 5.74) is -1.77. The molecule has 3 N–H and O–H groups in total. The van der Waals surface area contributed by atoms with Gasteiger partial charge in [0, 0.05) is 12.5 Å². The molecular weight excluding hydrogens is 270 g/mol. The Kier molecular flexibility index (Phi) is 3.37. The molecular formula is C16H23NO4. The van der Waals surface area contributed by atoms with Crippen molar-refractivity contribution < 1.29 is 19.7 Å². The molecule has 1 amide bonds. The number of hydrogen-bond donors (Lipinski definition) is 3. The Labute approximate surface area is 124 Å². The summed E-state index contributed by atoms with van der Waals surface area (Å²) in [4.78, 5) is 12.3. The van der Waals surface area contributed by atoms with E-state index in [0.717, 1.165) is 19.3 Å². The summed E-state index contributed by atoms with van der Waals surface area (Å²) >= 11 is 0. The van der Waals surface area contributed by atoms with Crippen LogP contribution in [0.1, 0.15) is 32.6 Å². The smallest absolute Gasteiger partial charge is 0.228 e. The van der Waals surface area contributed by atoms with E-state index in [1.807, 2.05) is 13.0 Å². The molecule has 1 aliphatic carbocycles. The molecule has 5 heteroatoms. The van der Waals surface area contributed by atoms with Gasteiger partial charge in [-0.25, -0.2) is 0 Å². The fraction of sp³-hybridized carbons (Fsp3) is 0.688. The SMILES string of the molecule is C=C1OC2(C)C(CCO)C(=O)NC12C(O)C1C=CCCC1. The normalized spacial score (nSPS) is 42.8. The van der Waals surface area contributed by atoms with Crippen molar-refractivity contribution in [1.82, 2.24) is 5.32 Å². The molecule has 5 unspecified atom stereocenters. The maximum Gasteiger partial charge on any atom is 0.228 e. The number of hydrogen-bond acceptors (Lipinski definition) is 4. The van der Waals surface area contributed by atoms with E-state index < -0.39 is 23.2 Å². The number of aliphatic hydroxyl groups is 2. The van der Waals surface area contributed by atoms with Gasteiger partial charge in [-0.05, 0) is 32.6 Å². The van der Waals surface area contributed by atoms with E-state index in [1.54, 1.807) is 0 Å². The third-order valence-corrected chi connectivity index (χ3v) is 5.42. The third-order valence-electron chi connectivity index (χ3n) is 5.42. The van der Waals surface area contributed by atoms with Crippen LogP contribution in [0.25, 0.3) is 0 Å². The summed E-state index contributed by atoms with van der Waals surface area (Å²) in [6.07, 6.45) is 6.63. The number of carbonyl (C=O) groups excluding carboxylic acids is 1. The molecule has 2 heterocycles. The fourth-order valence-electron chi connectivity index (χ4n) is 4.21. The number of rotatable bonds is 4. The van der Waals surface area contributed by atoms with Gasteiger partial charge >= 0.3 is 0 Å². The van der Waals surface area contributed by atoms with Gasteiger partial charge in [-0.1, -0.05) is 18.7 Å². The lowest BCUT2D eigenvalue weighted by atomic mass is 9.63. The highest BCUT2D eigenvalue weighted by molar-refractivity contribution is 5.87. The second-order valence-corrected chi connectivity index (χ2v) is 6.46. The minimum Gasteiger partial charge on any atom is -0.486 e. The van der Waals surface area contributed by atoms with Crippen LogP contribution in [-0.2, 0) is 9.53 Å². The zero-order valence-corrected chi connectivity index (χ0v) is 12.3. The van der Waals surface area contributed by atoms with E-state index in [1.165, 1.54) is 0 Å². The number of carbonyl (C=O) groups is 1. The molecule has 3 rings (SSSR count). The van der Waals surface area contributed by atoms with E-state index in [-0.39, 0.29) is 18.4 Å². The first-order valence-corrected chi connectivity index (χ1v) is 7.63. The number of nitrogens with one attached hydrogen (secondary N) is 1. The lowest BCUT2D eigenvalue weighted by Crippen LogP contribution is -2.75. The minimum absolute atomic E-state index is 0.00750. The molecule has 5 nitrogen and oxygen atoms in total. The van der Waals surface area contributed by atoms with Crippen molar-refractivity contribution in [3.05, 3.63) is 24.5 Å². The summed E-state index contributed by atoms with van der Waals surface area (Å²) in [5, 5.41) is 23.0. The Balaban J connectivity index is 1.94. The molecule has 116 valence electrons. The van der Waals surface area contributed by atoms with Crippen LogP contribution in [0.5, 0.6) is 0 Å². The van der Waals surface area contributed by atoms with Crippen molar-refractivity contribution >= 4 is 5.91 Å². The summed E-state index contributed by atoms with van der Waals surface area (Å²) in [5.74, 6) is -0.226. The summed E-state index contributed by atoms with van der Waals surface area (Å²) < 4.78 is 5.73. The van der Waals surface area contributed by atoms with Crippen molar-refractivity contribution in [3.63, 3.8) is 0 Å². The highest BCUT2D eigenvalue weighted by Gasteiger charge is 2.75. The molecule has 0 radical (unpaired) electrons. The Morgan fingerprint density at radius 1 is 1.62 bits per heavy atom. The second kappa shape index (κ2) is 4.85. The average Bonchev–Trinajstić information content (AvgIpc) is 2.65. The van der Waals surface area contributed by atoms with Crippen molar-refractivity contribution in [2.75, 3.05) is 6.61 Å². The molecule has 0 bridgehead atoms. The van der Waals surface area contributed by atoms with Gasteiger partial charge in [0.25, 0.3) is 0 Å². The van der Waals surface area contributed by atoms with E-state index in [0.29, 0.717) is 12.2 Å². The second-order valence-electron chi connectivity index (χ2n) is 6.46. The zero-order chi connectivity index (χ0) is 15.3. The molecule has 2 saturated heterocycles. The van der Waals surface area contributed by atoms with Crippen molar-refractivity contribution in [2.45, 2.75) is 49.9 Å². The monoisotopic (exact) mass is 293 g/mol. The lowest BCUT2D eigenvalue weighted by Gasteiger charge is -2.58. The molecule has 5 atom stereocenters. The van der Waals surface area contributed by atoms with Crippen LogP contribution in [0, 0.1) is 11.8 Å². The molecule has 3 aliphatic rings. The first kappa shape index (κ1) is 14.6. The van der Waals surface area contributed by atoms with Gasteiger partial charge in [0.15, 0.2) is 11.1 Å². The van der Waals surface area contributed by atoms with E-state index in [4.69, 9.17) is 4.74 Å². The maximum absolute atomic E-state index is 12.3. The molecule has 0 saturated carbocycles. The van der Waals surface area contributed by atoms with Crippen LogP contribution >= 0.6 is 0 Å². The number of allylic oxidation sites excluding steroid dienone is 1. The van der Waals surface area contributed by atoms with Gasteiger partial charge in [-0.15, -0.1) is 0 Å². The van der Waals surface area contributed by atoms with Crippen molar-refractivity contribution in [2.24, 2.45) is 11.8 Å². The first-order valence-electron chi connectivity index (χ1n) is 7.63. The largest absolute Gasteiger partial charge is 0.486 e. The topological polar surface area (TPSA) is 78.8 Å². The van der Waals surface area contributed by atoms with Gasteiger partial charge in [0.1, 0.15) is 5.76 Å². The summed E-state index contributed by atoms with van der Waals surface area (Å²) in [6.45, 7) is 5.63. The van der Waals surface area contributed by atoms with E-state index in [2.05, 4.69) is 18.0 Å². The van der Waals surface area contributed by atoms with Gasteiger partial charge < -0.3 is 20.3 Å². The molecule has 2 aliphatic heterocycles. The fourth-order valence-corrected chi connectivity index (χ4v) is 4.21. The summed E-state index contributed by atoms with van der Waals surface area (Å²) in [7, 11) is 0. The van der Waals surface area contributed by atoms with Crippen LogP contribution in [0.15, 0.2) is 24.5 Å². The van der Waals surface area contributed by atoms with E-state index in [9.17, 15) is 15.0 Å². The molecule has 0 aromatic carbocycles. The van der Waals surface area contributed by atoms with Gasteiger partial charge in [0.05, 0.1) is 12.0 Å². The predicted octanol–water partition coefficient (Wildman–Crippen LogP) is 0.873. The van der Waals surface area contributed by atoms with E-state index >= 15 is 0 Å². The third kappa shape index (κ3) is 1.74. The van der Waals surface area contributed by atoms with Crippen LogP contribution in [-0.4, -0.2) is 40.0 Å². The molecule has 2 fully saturated rings. The quantitative estimate of drug-likeness (QED) is 0.672. The summed E-state index contributed by atoms with van der Waals surface area (Å²) in [6, 6.07) is 0.